The van der Waals surface area contributed by atoms with Gasteiger partial charge in [-0.2, -0.15) is 0 Å². The van der Waals surface area contributed by atoms with Gasteiger partial charge in [0.1, 0.15) is 17.3 Å². The molecule has 0 bridgehead atoms. The van der Waals surface area contributed by atoms with Crippen molar-refractivity contribution in [2.45, 2.75) is 26.0 Å². The molecule has 1 unspecified atom stereocenters. The predicted molar refractivity (Wildman–Crippen MR) is 133 cm³/mol. The first-order chi connectivity index (χ1) is 17.2. The third kappa shape index (κ3) is 4.65. The number of phenolic OH excluding ortho intramolecular Hbond substituents is 1. The van der Waals surface area contributed by atoms with Crippen LogP contribution in [0.1, 0.15) is 41.4 Å². The van der Waals surface area contributed by atoms with E-state index in [1.807, 2.05) is 0 Å². The minimum Gasteiger partial charge on any atom is -0.508 e. The number of anilines is 1. The van der Waals surface area contributed by atoms with Gasteiger partial charge in [0.05, 0.1) is 30.4 Å². The van der Waals surface area contributed by atoms with Crippen molar-refractivity contribution in [2.24, 2.45) is 0 Å². The van der Waals surface area contributed by atoms with E-state index in [1.165, 1.54) is 36.3 Å². The van der Waals surface area contributed by atoms with E-state index in [9.17, 15) is 24.6 Å². The standard InChI is InChI=1S/C28H25NO7/c1-16(2)36-28(34)18-7-11-20(12-8-18)29-24(17-9-13-21(30)14-10-17)23(26(32)27(29)33)25(31)19-5-4-6-22(15-19)35-3/h4-16,24,30-31H,1-3H3/b25-23+. The Bertz CT molecular complexity index is 1340. The zero-order valence-corrected chi connectivity index (χ0v) is 20.0. The first-order valence-corrected chi connectivity index (χ1v) is 11.3. The third-order valence-electron chi connectivity index (χ3n) is 5.72. The van der Waals surface area contributed by atoms with Crippen molar-refractivity contribution in [1.29, 1.82) is 0 Å². The van der Waals surface area contributed by atoms with E-state index < -0.39 is 23.7 Å². The molecule has 2 N–H and O–H groups in total. The summed E-state index contributed by atoms with van der Waals surface area (Å²) in [6, 6.07) is 17.7. The number of carbonyl (C=O) groups is 3. The Hall–Kier alpha value is -4.59. The van der Waals surface area contributed by atoms with Gasteiger partial charge in [-0.3, -0.25) is 14.5 Å². The number of nitrogens with zero attached hydrogens (tertiary/aromatic N) is 1. The molecule has 1 aliphatic heterocycles. The molecule has 1 aliphatic rings. The number of phenols is 1. The first kappa shape index (κ1) is 24.5. The molecule has 1 amide bonds. The first-order valence-electron chi connectivity index (χ1n) is 11.3. The van der Waals surface area contributed by atoms with Gasteiger partial charge in [-0.25, -0.2) is 4.79 Å². The Morgan fingerprint density at radius 3 is 2.22 bits per heavy atom. The number of aliphatic hydroxyl groups excluding tert-OH is 1. The molecular formula is C28H25NO7. The summed E-state index contributed by atoms with van der Waals surface area (Å²) in [7, 11) is 1.48. The normalized spacial score (nSPS) is 16.9. The van der Waals surface area contributed by atoms with Crippen LogP contribution >= 0.6 is 0 Å². The van der Waals surface area contributed by atoms with E-state index in [-0.39, 0.29) is 23.2 Å². The topological polar surface area (TPSA) is 113 Å². The van der Waals surface area contributed by atoms with Crippen LogP contribution in [0.3, 0.4) is 0 Å². The minimum atomic E-state index is -0.981. The lowest BCUT2D eigenvalue weighted by Crippen LogP contribution is -2.29. The molecule has 0 spiro atoms. The molecule has 0 saturated carbocycles. The number of ketones is 1. The summed E-state index contributed by atoms with van der Waals surface area (Å²) >= 11 is 0. The van der Waals surface area contributed by atoms with Crippen LogP contribution in [0.2, 0.25) is 0 Å². The van der Waals surface area contributed by atoms with Crippen molar-refractivity contribution in [1.82, 2.24) is 0 Å². The lowest BCUT2D eigenvalue weighted by molar-refractivity contribution is -0.132. The molecule has 36 heavy (non-hydrogen) atoms. The molecule has 4 rings (SSSR count). The molecule has 8 nitrogen and oxygen atoms in total. The molecule has 1 saturated heterocycles. The highest BCUT2D eigenvalue weighted by molar-refractivity contribution is 6.51. The zero-order valence-electron chi connectivity index (χ0n) is 20.0. The van der Waals surface area contributed by atoms with Crippen LogP contribution in [0.4, 0.5) is 5.69 Å². The maximum atomic E-state index is 13.3. The van der Waals surface area contributed by atoms with Gasteiger partial charge in [-0.15, -0.1) is 0 Å². The minimum absolute atomic E-state index is 0.0107. The molecule has 8 heteroatoms. The molecular weight excluding hydrogens is 462 g/mol. The van der Waals surface area contributed by atoms with Crippen molar-refractivity contribution >= 4 is 29.1 Å². The summed E-state index contributed by atoms with van der Waals surface area (Å²) in [5, 5.41) is 21.0. The van der Waals surface area contributed by atoms with Gasteiger partial charge in [-0.05, 0) is 67.9 Å². The van der Waals surface area contributed by atoms with Crippen LogP contribution in [0.25, 0.3) is 5.76 Å². The van der Waals surface area contributed by atoms with Crippen LogP contribution in [-0.4, -0.2) is 41.1 Å². The second-order valence-corrected chi connectivity index (χ2v) is 8.49. The van der Waals surface area contributed by atoms with Crippen LogP contribution in [-0.2, 0) is 14.3 Å². The molecule has 0 aliphatic carbocycles. The van der Waals surface area contributed by atoms with E-state index in [1.54, 1.807) is 62.4 Å². The molecule has 184 valence electrons. The van der Waals surface area contributed by atoms with E-state index in [4.69, 9.17) is 9.47 Å². The monoisotopic (exact) mass is 487 g/mol. The quantitative estimate of drug-likeness (QED) is 0.226. The number of esters is 1. The van der Waals surface area contributed by atoms with Crippen molar-refractivity contribution in [3.05, 3.63) is 95.1 Å². The Balaban J connectivity index is 1.84. The molecule has 1 fully saturated rings. The summed E-state index contributed by atoms with van der Waals surface area (Å²) < 4.78 is 10.4. The second kappa shape index (κ2) is 9.95. The van der Waals surface area contributed by atoms with Crippen molar-refractivity contribution in [2.75, 3.05) is 12.0 Å². The highest BCUT2D eigenvalue weighted by Crippen LogP contribution is 2.42. The number of aliphatic hydroxyl groups is 1. The van der Waals surface area contributed by atoms with Gasteiger partial charge >= 0.3 is 5.97 Å². The number of hydrogen-bond acceptors (Lipinski definition) is 7. The highest BCUT2D eigenvalue weighted by atomic mass is 16.5. The lowest BCUT2D eigenvalue weighted by Gasteiger charge is -2.25. The number of ether oxygens (including phenoxy) is 2. The summed E-state index contributed by atoms with van der Waals surface area (Å²) in [6.45, 7) is 3.48. The fourth-order valence-electron chi connectivity index (χ4n) is 4.04. The van der Waals surface area contributed by atoms with Gasteiger partial charge in [0.2, 0.25) is 0 Å². The number of amides is 1. The smallest absolute Gasteiger partial charge is 0.338 e. The maximum absolute atomic E-state index is 13.3. The summed E-state index contributed by atoms with van der Waals surface area (Å²) in [5.74, 6) is -2.08. The predicted octanol–water partition coefficient (Wildman–Crippen LogP) is 4.59. The molecule has 0 aromatic heterocycles. The Labute approximate surface area is 208 Å². The lowest BCUT2D eigenvalue weighted by atomic mass is 9.95. The summed E-state index contributed by atoms with van der Waals surface area (Å²) in [5.41, 5.74) is 1.34. The van der Waals surface area contributed by atoms with E-state index in [0.717, 1.165) is 0 Å². The molecule has 3 aromatic carbocycles. The number of rotatable bonds is 6. The maximum Gasteiger partial charge on any atom is 0.338 e. The fourth-order valence-corrected chi connectivity index (χ4v) is 4.04. The van der Waals surface area contributed by atoms with Gasteiger partial charge in [-0.1, -0.05) is 24.3 Å². The molecule has 1 atom stereocenters. The third-order valence-corrected chi connectivity index (χ3v) is 5.72. The van der Waals surface area contributed by atoms with Crippen LogP contribution in [0, 0.1) is 0 Å². The van der Waals surface area contributed by atoms with Gasteiger partial charge < -0.3 is 19.7 Å². The Morgan fingerprint density at radius 2 is 1.61 bits per heavy atom. The zero-order chi connectivity index (χ0) is 26.0. The molecule has 0 radical (unpaired) electrons. The number of aromatic hydroxyl groups is 1. The van der Waals surface area contributed by atoms with Crippen LogP contribution in [0.15, 0.2) is 78.4 Å². The average Bonchev–Trinajstić information content (AvgIpc) is 3.14. The summed E-state index contributed by atoms with van der Waals surface area (Å²) in [4.78, 5) is 40.0. The largest absolute Gasteiger partial charge is 0.508 e. The van der Waals surface area contributed by atoms with E-state index >= 15 is 0 Å². The van der Waals surface area contributed by atoms with E-state index in [2.05, 4.69) is 0 Å². The van der Waals surface area contributed by atoms with Gasteiger partial charge in [0.15, 0.2) is 0 Å². The average molecular weight is 488 g/mol. The van der Waals surface area contributed by atoms with Crippen molar-refractivity contribution < 1.29 is 34.1 Å². The van der Waals surface area contributed by atoms with Crippen LogP contribution < -0.4 is 9.64 Å². The number of methoxy groups -OCH3 is 1. The summed E-state index contributed by atoms with van der Waals surface area (Å²) in [6.07, 6.45) is -0.291. The molecule has 3 aromatic rings. The molecule has 1 heterocycles. The number of hydrogen-bond donors (Lipinski definition) is 2. The number of benzene rings is 3. The SMILES string of the molecule is COc1cccc(/C(O)=C2\C(=O)C(=O)N(c3ccc(C(=O)OC(C)C)cc3)C2c2ccc(O)cc2)c1. The highest BCUT2D eigenvalue weighted by Gasteiger charge is 2.47. The Kier molecular flexibility index (Phi) is 6.78. The van der Waals surface area contributed by atoms with Gasteiger partial charge in [0.25, 0.3) is 11.7 Å². The Morgan fingerprint density at radius 1 is 0.944 bits per heavy atom. The number of Topliss-reactive ketones (excluding diaryl/α,β-unsaturated/α-hetero) is 1. The number of carbonyl (C=O) groups excluding carboxylic acids is 3. The van der Waals surface area contributed by atoms with Crippen molar-refractivity contribution in [3.8, 4) is 11.5 Å². The van der Waals surface area contributed by atoms with Crippen molar-refractivity contribution in [3.63, 3.8) is 0 Å². The van der Waals surface area contributed by atoms with Crippen LogP contribution in [0.5, 0.6) is 11.5 Å². The van der Waals surface area contributed by atoms with Gasteiger partial charge in [0, 0.05) is 11.3 Å². The second-order valence-electron chi connectivity index (χ2n) is 8.49. The fraction of sp³-hybridized carbons (Fsp3) is 0.179. The van der Waals surface area contributed by atoms with E-state index in [0.29, 0.717) is 28.1 Å².